The molecule has 1 atom stereocenters. The molecule has 2 heteroatoms. The van der Waals surface area contributed by atoms with E-state index in [2.05, 4.69) is 30.4 Å². The van der Waals surface area contributed by atoms with E-state index in [1.54, 1.807) is 12.1 Å². The van der Waals surface area contributed by atoms with Gasteiger partial charge in [0.2, 0.25) is 0 Å². The van der Waals surface area contributed by atoms with Gasteiger partial charge in [-0.25, -0.2) is 4.39 Å². The van der Waals surface area contributed by atoms with Gasteiger partial charge < -0.3 is 5.32 Å². The molecule has 0 aliphatic heterocycles. The van der Waals surface area contributed by atoms with Gasteiger partial charge in [0.25, 0.3) is 0 Å². The third kappa shape index (κ3) is 3.42. The molecule has 1 unspecified atom stereocenters. The molecule has 2 aromatic rings. The minimum absolute atomic E-state index is 0.00157. The summed E-state index contributed by atoms with van der Waals surface area (Å²) in [6.07, 6.45) is 0.790. The topological polar surface area (TPSA) is 12.0 Å². The summed E-state index contributed by atoms with van der Waals surface area (Å²) in [5.41, 5.74) is 4.28. The fraction of sp³-hybridized carbons (Fsp3) is 0.294. The van der Waals surface area contributed by atoms with Crippen LogP contribution in [0.3, 0.4) is 0 Å². The second-order valence-electron chi connectivity index (χ2n) is 5.06. The molecule has 0 aliphatic rings. The third-order valence-corrected chi connectivity index (χ3v) is 3.40. The molecule has 19 heavy (non-hydrogen) atoms. The first-order valence-corrected chi connectivity index (χ1v) is 6.59. The van der Waals surface area contributed by atoms with E-state index in [0.29, 0.717) is 0 Å². The van der Waals surface area contributed by atoms with Crippen molar-refractivity contribution >= 4 is 0 Å². The van der Waals surface area contributed by atoms with Crippen molar-refractivity contribution in [2.45, 2.75) is 26.3 Å². The van der Waals surface area contributed by atoms with Gasteiger partial charge in [-0.05, 0) is 38.9 Å². The molecule has 0 bridgehead atoms. The molecule has 1 N–H and O–H groups in total. The Labute approximate surface area is 114 Å². The zero-order valence-corrected chi connectivity index (χ0v) is 11.7. The normalized spacial score (nSPS) is 12.4. The van der Waals surface area contributed by atoms with E-state index in [-0.39, 0.29) is 11.9 Å². The summed E-state index contributed by atoms with van der Waals surface area (Å²) in [6.45, 7) is 4.06. The predicted octanol–water partition coefficient (Wildman–Crippen LogP) is 3.95. The smallest absolute Gasteiger partial charge is 0.128 e. The molecule has 2 aromatic carbocycles. The lowest BCUT2D eigenvalue weighted by Crippen LogP contribution is -2.20. The number of benzene rings is 2. The largest absolute Gasteiger partial charge is 0.313 e. The Kier molecular flexibility index (Phi) is 4.33. The lowest BCUT2D eigenvalue weighted by molar-refractivity contribution is 0.533. The first kappa shape index (κ1) is 13.8. The maximum atomic E-state index is 13.9. The van der Waals surface area contributed by atoms with Gasteiger partial charge in [-0.2, -0.15) is 0 Å². The summed E-state index contributed by atoms with van der Waals surface area (Å²) < 4.78 is 13.9. The first-order valence-electron chi connectivity index (χ1n) is 6.59. The molecule has 2 rings (SSSR count). The van der Waals surface area contributed by atoms with Crippen LogP contribution in [0.1, 0.15) is 28.3 Å². The van der Waals surface area contributed by atoms with E-state index < -0.39 is 0 Å². The van der Waals surface area contributed by atoms with Crippen LogP contribution >= 0.6 is 0 Å². The maximum absolute atomic E-state index is 13.9. The molecular formula is C17H20FN. The van der Waals surface area contributed by atoms with Crippen molar-refractivity contribution in [3.8, 4) is 0 Å². The Morgan fingerprint density at radius 1 is 1.05 bits per heavy atom. The fourth-order valence-corrected chi connectivity index (χ4v) is 2.37. The lowest BCUT2D eigenvalue weighted by atomic mass is 9.96. The lowest BCUT2D eigenvalue weighted by Gasteiger charge is -2.18. The number of hydrogen-bond donors (Lipinski definition) is 1. The van der Waals surface area contributed by atoms with Gasteiger partial charge in [0.05, 0.1) is 0 Å². The summed E-state index contributed by atoms with van der Waals surface area (Å²) >= 11 is 0. The number of likely N-dealkylation sites (N-methyl/N-ethyl adjacent to an activating group) is 1. The highest BCUT2D eigenvalue weighted by Crippen LogP contribution is 2.22. The van der Waals surface area contributed by atoms with Crippen molar-refractivity contribution in [2.75, 3.05) is 7.05 Å². The molecule has 0 aliphatic carbocycles. The molecule has 1 nitrogen and oxygen atoms in total. The number of nitrogens with one attached hydrogen (secondary N) is 1. The van der Waals surface area contributed by atoms with Crippen molar-refractivity contribution in [3.05, 3.63) is 70.5 Å². The monoisotopic (exact) mass is 257 g/mol. The molecule has 100 valence electrons. The molecule has 0 saturated heterocycles. The number of hydrogen-bond acceptors (Lipinski definition) is 1. The van der Waals surface area contributed by atoms with Gasteiger partial charge in [-0.1, -0.05) is 47.5 Å². The minimum Gasteiger partial charge on any atom is -0.313 e. The average molecular weight is 257 g/mol. The molecule has 0 amide bonds. The number of aryl methyl sites for hydroxylation is 2. The highest BCUT2D eigenvalue weighted by Gasteiger charge is 2.14. The Balaban J connectivity index is 2.27. The zero-order valence-electron chi connectivity index (χ0n) is 11.7. The Hall–Kier alpha value is -1.67. The molecule has 0 fully saturated rings. The summed E-state index contributed by atoms with van der Waals surface area (Å²) in [5, 5.41) is 3.21. The SMILES string of the molecule is CNC(Cc1cccc(C)c1)c1cc(C)ccc1F. The van der Waals surface area contributed by atoms with Crippen LogP contribution in [-0.2, 0) is 6.42 Å². The minimum atomic E-state index is -0.141. The summed E-state index contributed by atoms with van der Waals surface area (Å²) in [4.78, 5) is 0. The van der Waals surface area contributed by atoms with Gasteiger partial charge in [0, 0.05) is 11.6 Å². The van der Waals surface area contributed by atoms with Gasteiger partial charge in [-0.3, -0.25) is 0 Å². The van der Waals surface area contributed by atoms with Gasteiger partial charge in [0.15, 0.2) is 0 Å². The molecule has 0 saturated carbocycles. The van der Waals surface area contributed by atoms with Crippen LogP contribution in [0.25, 0.3) is 0 Å². The predicted molar refractivity (Wildman–Crippen MR) is 77.8 cm³/mol. The Bertz CT molecular complexity index is 563. The summed E-state index contributed by atoms with van der Waals surface area (Å²) in [7, 11) is 1.88. The number of halogens is 1. The molecular weight excluding hydrogens is 237 g/mol. The van der Waals surface area contributed by atoms with Gasteiger partial charge >= 0.3 is 0 Å². The second kappa shape index (κ2) is 5.98. The highest BCUT2D eigenvalue weighted by atomic mass is 19.1. The van der Waals surface area contributed by atoms with Crippen LogP contribution in [0.2, 0.25) is 0 Å². The van der Waals surface area contributed by atoms with E-state index in [1.807, 2.05) is 26.1 Å². The maximum Gasteiger partial charge on any atom is 0.128 e. The highest BCUT2D eigenvalue weighted by molar-refractivity contribution is 5.30. The molecule has 0 heterocycles. The number of rotatable bonds is 4. The van der Waals surface area contributed by atoms with Crippen molar-refractivity contribution in [1.29, 1.82) is 0 Å². The molecule has 0 radical (unpaired) electrons. The molecule has 0 aromatic heterocycles. The van der Waals surface area contributed by atoms with Crippen LogP contribution in [0, 0.1) is 19.7 Å². The van der Waals surface area contributed by atoms with E-state index in [1.165, 1.54) is 11.1 Å². The van der Waals surface area contributed by atoms with Crippen LogP contribution in [-0.4, -0.2) is 7.05 Å². The van der Waals surface area contributed by atoms with E-state index >= 15 is 0 Å². The van der Waals surface area contributed by atoms with E-state index in [0.717, 1.165) is 17.5 Å². The van der Waals surface area contributed by atoms with E-state index in [9.17, 15) is 4.39 Å². The Morgan fingerprint density at radius 3 is 2.47 bits per heavy atom. The standard InChI is InChI=1S/C17H20FN/c1-12-5-4-6-14(9-12)11-17(19-3)15-10-13(2)7-8-16(15)18/h4-10,17,19H,11H2,1-3H3. The van der Waals surface area contributed by atoms with Crippen molar-refractivity contribution in [3.63, 3.8) is 0 Å². The van der Waals surface area contributed by atoms with E-state index in [4.69, 9.17) is 0 Å². The van der Waals surface area contributed by atoms with Gasteiger partial charge in [-0.15, -0.1) is 0 Å². The average Bonchev–Trinajstić information content (AvgIpc) is 2.39. The van der Waals surface area contributed by atoms with Gasteiger partial charge in [0.1, 0.15) is 5.82 Å². The summed E-state index contributed by atoms with van der Waals surface area (Å²) in [5.74, 6) is -0.141. The Morgan fingerprint density at radius 2 is 1.79 bits per heavy atom. The zero-order chi connectivity index (χ0) is 13.8. The van der Waals surface area contributed by atoms with Crippen LogP contribution in [0.4, 0.5) is 4.39 Å². The van der Waals surface area contributed by atoms with Crippen LogP contribution < -0.4 is 5.32 Å². The second-order valence-corrected chi connectivity index (χ2v) is 5.06. The van der Waals surface area contributed by atoms with Crippen molar-refractivity contribution < 1.29 is 4.39 Å². The summed E-state index contributed by atoms with van der Waals surface area (Å²) in [6, 6.07) is 13.6. The molecule has 0 spiro atoms. The van der Waals surface area contributed by atoms with Crippen molar-refractivity contribution in [1.82, 2.24) is 5.32 Å². The van der Waals surface area contributed by atoms with Crippen LogP contribution in [0.15, 0.2) is 42.5 Å². The van der Waals surface area contributed by atoms with Crippen molar-refractivity contribution in [2.24, 2.45) is 0 Å². The first-order chi connectivity index (χ1) is 9.10. The van der Waals surface area contributed by atoms with Crippen LogP contribution in [0.5, 0.6) is 0 Å². The quantitative estimate of drug-likeness (QED) is 0.874. The third-order valence-electron chi connectivity index (χ3n) is 3.40. The fourth-order valence-electron chi connectivity index (χ4n) is 2.37.